The second-order valence-corrected chi connectivity index (χ2v) is 7.82. The molecule has 5 heteroatoms. The number of nitrogens with one attached hydrogen (secondary N) is 1. The van der Waals surface area contributed by atoms with Crippen molar-refractivity contribution in [2.45, 2.75) is 58.5 Å². The van der Waals surface area contributed by atoms with Crippen molar-refractivity contribution in [2.24, 2.45) is 5.92 Å². The van der Waals surface area contributed by atoms with Gasteiger partial charge in [0.05, 0.1) is 5.75 Å². The number of nitrogens with zero attached hydrogens (tertiary/aromatic N) is 1. The molecule has 4 nitrogen and oxygen atoms in total. The van der Waals surface area contributed by atoms with Crippen molar-refractivity contribution in [1.82, 2.24) is 9.62 Å². The smallest absolute Gasteiger partial charge is 0.214 e. The number of rotatable bonds is 6. The highest BCUT2D eigenvalue weighted by Gasteiger charge is 2.30. The number of hydrogen-bond acceptors (Lipinski definition) is 3. The summed E-state index contributed by atoms with van der Waals surface area (Å²) in [5.74, 6) is 0.451. The summed E-state index contributed by atoms with van der Waals surface area (Å²) in [5, 5.41) is 3.45. The Balaban J connectivity index is 2.51. The Morgan fingerprint density at radius 2 is 1.78 bits per heavy atom. The summed E-state index contributed by atoms with van der Waals surface area (Å²) in [6.07, 6.45) is 4.12. The van der Waals surface area contributed by atoms with Crippen LogP contribution < -0.4 is 5.32 Å². The third-order valence-electron chi connectivity index (χ3n) is 3.69. The summed E-state index contributed by atoms with van der Waals surface area (Å²) in [4.78, 5) is 0. The Hall–Kier alpha value is -0.130. The summed E-state index contributed by atoms with van der Waals surface area (Å²) >= 11 is 0. The van der Waals surface area contributed by atoms with Gasteiger partial charge in [-0.05, 0) is 38.1 Å². The van der Waals surface area contributed by atoms with Crippen LogP contribution in [0.5, 0.6) is 0 Å². The number of hydrogen-bond donors (Lipinski definition) is 1. The molecule has 0 atom stereocenters. The molecular formula is C13H28N2O2S. The Morgan fingerprint density at radius 3 is 2.22 bits per heavy atom. The summed E-state index contributed by atoms with van der Waals surface area (Å²) < 4.78 is 25.9. The minimum absolute atomic E-state index is 0.190. The highest BCUT2D eigenvalue weighted by molar-refractivity contribution is 7.89. The van der Waals surface area contributed by atoms with Crippen molar-refractivity contribution in [2.75, 3.05) is 19.3 Å². The lowest BCUT2D eigenvalue weighted by atomic mass is 9.91. The molecule has 0 saturated heterocycles. The molecule has 1 rings (SSSR count). The van der Waals surface area contributed by atoms with Gasteiger partial charge in [0.2, 0.25) is 10.0 Å². The second-order valence-electron chi connectivity index (χ2n) is 5.75. The molecule has 1 N–H and O–H groups in total. The van der Waals surface area contributed by atoms with Crippen LogP contribution in [0.2, 0.25) is 0 Å². The van der Waals surface area contributed by atoms with Crippen LogP contribution in [-0.4, -0.2) is 44.2 Å². The maximum Gasteiger partial charge on any atom is 0.214 e. The molecule has 0 unspecified atom stereocenters. The van der Waals surface area contributed by atoms with Gasteiger partial charge in [0.1, 0.15) is 0 Å². The molecule has 1 saturated carbocycles. The van der Waals surface area contributed by atoms with E-state index in [1.165, 1.54) is 0 Å². The average Bonchev–Trinajstić information content (AvgIpc) is 2.28. The van der Waals surface area contributed by atoms with Gasteiger partial charge in [-0.2, -0.15) is 0 Å². The van der Waals surface area contributed by atoms with E-state index in [1.54, 1.807) is 11.4 Å². The van der Waals surface area contributed by atoms with Crippen molar-refractivity contribution < 1.29 is 8.42 Å². The fourth-order valence-corrected chi connectivity index (χ4v) is 4.44. The van der Waals surface area contributed by atoms with Crippen LogP contribution in [0.4, 0.5) is 0 Å². The monoisotopic (exact) mass is 276 g/mol. The van der Waals surface area contributed by atoms with E-state index < -0.39 is 10.0 Å². The lowest BCUT2D eigenvalue weighted by Gasteiger charge is -2.34. The molecule has 1 aliphatic carbocycles. The molecular weight excluding hydrogens is 248 g/mol. The van der Waals surface area contributed by atoms with E-state index in [-0.39, 0.29) is 17.7 Å². The van der Waals surface area contributed by atoms with E-state index in [2.05, 4.69) is 12.2 Å². The minimum atomic E-state index is -3.08. The van der Waals surface area contributed by atoms with E-state index >= 15 is 0 Å². The molecule has 0 radical (unpaired) electrons. The fraction of sp³-hybridized carbons (Fsp3) is 1.00. The van der Waals surface area contributed by atoms with Gasteiger partial charge in [0, 0.05) is 19.1 Å². The largest absolute Gasteiger partial charge is 0.314 e. The summed E-state index contributed by atoms with van der Waals surface area (Å²) in [6.45, 7) is 7.02. The van der Waals surface area contributed by atoms with Crippen molar-refractivity contribution in [3.63, 3.8) is 0 Å². The third-order valence-corrected chi connectivity index (χ3v) is 5.95. The first-order valence-corrected chi connectivity index (χ1v) is 8.66. The molecule has 0 aliphatic heterocycles. The summed E-state index contributed by atoms with van der Waals surface area (Å²) in [7, 11) is -1.33. The second kappa shape index (κ2) is 6.87. The lowest BCUT2D eigenvalue weighted by Crippen LogP contribution is -2.44. The summed E-state index contributed by atoms with van der Waals surface area (Å²) in [5.41, 5.74) is 0. The minimum Gasteiger partial charge on any atom is -0.314 e. The van der Waals surface area contributed by atoms with Crippen molar-refractivity contribution in [3.05, 3.63) is 0 Å². The molecule has 0 aromatic rings. The van der Waals surface area contributed by atoms with Gasteiger partial charge in [-0.1, -0.05) is 20.8 Å². The van der Waals surface area contributed by atoms with E-state index in [0.717, 1.165) is 32.2 Å². The molecule has 0 amide bonds. The zero-order chi connectivity index (χ0) is 13.8. The van der Waals surface area contributed by atoms with Gasteiger partial charge in [-0.3, -0.25) is 0 Å². The fourth-order valence-electron chi connectivity index (χ4n) is 2.70. The number of sulfonamides is 1. The molecule has 0 aromatic heterocycles. The van der Waals surface area contributed by atoms with Gasteiger partial charge in [-0.25, -0.2) is 12.7 Å². The maximum atomic E-state index is 12.2. The Kier molecular flexibility index (Phi) is 6.08. The zero-order valence-electron chi connectivity index (χ0n) is 12.1. The molecule has 18 heavy (non-hydrogen) atoms. The highest BCUT2D eigenvalue weighted by Crippen LogP contribution is 2.24. The molecule has 1 aliphatic rings. The first-order valence-electron chi connectivity index (χ1n) is 7.06. The van der Waals surface area contributed by atoms with Crippen LogP contribution in [0.25, 0.3) is 0 Å². The normalized spacial score (nSPS) is 25.9. The van der Waals surface area contributed by atoms with E-state index in [1.807, 2.05) is 13.8 Å². The average molecular weight is 276 g/mol. The van der Waals surface area contributed by atoms with Crippen molar-refractivity contribution in [3.8, 4) is 0 Å². The lowest BCUT2D eigenvalue weighted by molar-refractivity contribution is 0.250. The topological polar surface area (TPSA) is 49.4 Å². The first-order chi connectivity index (χ1) is 8.36. The Labute approximate surface area is 112 Å². The van der Waals surface area contributed by atoms with Crippen LogP contribution in [0.15, 0.2) is 0 Å². The predicted molar refractivity (Wildman–Crippen MR) is 76.1 cm³/mol. The molecule has 0 heterocycles. The van der Waals surface area contributed by atoms with E-state index in [4.69, 9.17) is 0 Å². The van der Waals surface area contributed by atoms with Gasteiger partial charge in [0.25, 0.3) is 0 Å². The Morgan fingerprint density at radius 1 is 1.22 bits per heavy atom. The quantitative estimate of drug-likeness (QED) is 0.805. The summed E-state index contributed by atoms with van der Waals surface area (Å²) in [6, 6.07) is 0.774. The van der Waals surface area contributed by atoms with Gasteiger partial charge >= 0.3 is 0 Å². The first kappa shape index (κ1) is 15.9. The van der Waals surface area contributed by atoms with Crippen molar-refractivity contribution >= 4 is 10.0 Å². The molecule has 0 bridgehead atoms. The molecule has 0 spiro atoms. The van der Waals surface area contributed by atoms with Crippen molar-refractivity contribution in [1.29, 1.82) is 0 Å². The van der Waals surface area contributed by atoms with Crippen LogP contribution in [0.1, 0.15) is 46.5 Å². The van der Waals surface area contributed by atoms with Gasteiger partial charge in [-0.15, -0.1) is 0 Å². The van der Waals surface area contributed by atoms with Crippen LogP contribution in [-0.2, 0) is 10.0 Å². The molecule has 108 valence electrons. The van der Waals surface area contributed by atoms with Gasteiger partial charge < -0.3 is 5.32 Å². The SMILES string of the molecule is CCNC1CCC(N(C)S(=O)(=O)CC(C)C)CC1. The van der Waals surface area contributed by atoms with Crippen LogP contribution in [0, 0.1) is 5.92 Å². The molecule has 1 fully saturated rings. The standard InChI is InChI=1S/C13H28N2O2S/c1-5-14-12-6-8-13(9-7-12)15(4)18(16,17)10-11(2)3/h11-14H,5-10H2,1-4H3. The maximum absolute atomic E-state index is 12.2. The zero-order valence-corrected chi connectivity index (χ0v) is 13.0. The Bertz CT molecular complexity index is 333. The van der Waals surface area contributed by atoms with Crippen LogP contribution >= 0.6 is 0 Å². The van der Waals surface area contributed by atoms with Crippen LogP contribution in [0.3, 0.4) is 0 Å². The molecule has 0 aromatic carbocycles. The van der Waals surface area contributed by atoms with Gasteiger partial charge in [0.15, 0.2) is 0 Å². The highest BCUT2D eigenvalue weighted by atomic mass is 32.2. The van der Waals surface area contributed by atoms with E-state index in [0.29, 0.717) is 6.04 Å². The third kappa shape index (κ3) is 4.52. The predicted octanol–water partition coefficient (Wildman–Crippen LogP) is 1.82. The van der Waals surface area contributed by atoms with E-state index in [9.17, 15) is 8.42 Å².